The van der Waals surface area contributed by atoms with Gasteiger partial charge in [0.2, 0.25) is 0 Å². The Hall–Kier alpha value is -2.41. The molecular formula is C14H11FO5S. The summed E-state index contributed by atoms with van der Waals surface area (Å²) < 4.78 is 42.2. The number of halogens is 1. The van der Waals surface area contributed by atoms with Crippen LogP contribution in [0.15, 0.2) is 47.4 Å². The lowest BCUT2D eigenvalue weighted by molar-refractivity contribution is 0.0692. The maximum absolute atomic E-state index is 13.5. The van der Waals surface area contributed by atoms with Gasteiger partial charge in [0.15, 0.2) is 0 Å². The minimum absolute atomic E-state index is 0.0733. The molecule has 0 aliphatic rings. The first-order valence-corrected chi connectivity index (χ1v) is 7.24. The number of rotatable bonds is 4. The molecule has 0 aliphatic carbocycles. The standard InChI is InChI=1S/C14H11FO5S/c1-9-2-5-11(6-3-9)21(18,19)20-10-4-7-12(14(16)17)13(15)8-10/h2-8H,1H3,(H,16,17). The van der Waals surface area contributed by atoms with E-state index in [0.29, 0.717) is 0 Å². The quantitative estimate of drug-likeness (QED) is 0.878. The normalized spacial score (nSPS) is 11.1. The first-order chi connectivity index (χ1) is 9.79. The van der Waals surface area contributed by atoms with Crippen molar-refractivity contribution in [3.05, 3.63) is 59.4 Å². The minimum Gasteiger partial charge on any atom is -0.478 e. The molecule has 0 aromatic heterocycles. The van der Waals surface area contributed by atoms with Gasteiger partial charge in [-0.2, -0.15) is 8.42 Å². The molecule has 0 heterocycles. The molecule has 1 N–H and O–H groups in total. The van der Waals surface area contributed by atoms with Crippen LogP contribution in [-0.2, 0) is 10.1 Å². The fourth-order valence-electron chi connectivity index (χ4n) is 1.60. The highest BCUT2D eigenvalue weighted by Gasteiger charge is 2.18. The van der Waals surface area contributed by atoms with Crippen molar-refractivity contribution in [3.8, 4) is 5.75 Å². The van der Waals surface area contributed by atoms with Crippen molar-refractivity contribution in [2.75, 3.05) is 0 Å². The second kappa shape index (κ2) is 5.53. The monoisotopic (exact) mass is 310 g/mol. The lowest BCUT2D eigenvalue weighted by atomic mass is 10.2. The van der Waals surface area contributed by atoms with Gasteiger partial charge in [0, 0.05) is 6.07 Å². The first-order valence-electron chi connectivity index (χ1n) is 5.83. The number of carboxylic acid groups (broad SMARTS) is 1. The molecule has 0 unspecified atom stereocenters. The van der Waals surface area contributed by atoms with E-state index in [4.69, 9.17) is 9.29 Å². The zero-order chi connectivity index (χ0) is 15.6. The molecule has 0 bridgehead atoms. The summed E-state index contributed by atoms with van der Waals surface area (Å²) in [4.78, 5) is 10.6. The summed E-state index contributed by atoms with van der Waals surface area (Å²) >= 11 is 0. The molecule has 0 spiro atoms. The topological polar surface area (TPSA) is 80.7 Å². The van der Waals surface area contributed by atoms with Crippen molar-refractivity contribution in [2.24, 2.45) is 0 Å². The van der Waals surface area contributed by atoms with Gasteiger partial charge in [-0.05, 0) is 31.2 Å². The fourth-order valence-corrected chi connectivity index (χ4v) is 2.52. The molecule has 0 saturated carbocycles. The fraction of sp³-hybridized carbons (Fsp3) is 0.0714. The van der Waals surface area contributed by atoms with Gasteiger partial charge in [0.05, 0.1) is 5.56 Å². The number of hydrogen-bond donors (Lipinski definition) is 1. The Labute approximate surface area is 120 Å². The van der Waals surface area contributed by atoms with Crippen molar-refractivity contribution in [3.63, 3.8) is 0 Å². The number of benzene rings is 2. The van der Waals surface area contributed by atoms with Gasteiger partial charge in [0.1, 0.15) is 16.5 Å². The number of aryl methyl sites for hydroxylation is 1. The van der Waals surface area contributed by atoms with Crippen molar-refractivity contribution < 1.29 is 26.9 Å². The summed E-state index contributed by atoms with van der Waals surface area (Å²) in [6.45, 7) is 1.80. The van der Waals surface area contributed by atoms with Gasteiger partial charge in [-0.25, -0.2) is 9.18 Å². The highest BCUT2D eigenvalue weighted by atomic mass is 32.2. The second-order valence-electron chi connectivity index (χ2n) is 4.30. The lowest BCUT2D eigenvalue weighted by Gasteiger charge is -2.08. The number of carboxylic acids is 1. The Bertz CT molecular complexity index is 782. The predicted octanol–water partition coefficient (Wildman–Crippen LogP) is 2.60. The third-order valence-corrected chi connectivity index (χ3v) is 3.95. The van der Waals surface area contributed by atoms with Gasteiger partial charge in [-0.15, -0.1) is 0 Å². The van der Waals surface area contributed by atoms with Gasteiger partial charge in [-0.1, -0.05) is 17.7 Å². The van der Waals surface area contributed by atoms with Crippen molar-refractivity contribution in [2.45, 2.75) is 11.8 Å². The summed E-state index contributed by atoms with van der Waals surface area (Å²) in [5, 5.41) is 8.69. The summed E-state index contributed by atoms with van der Waals surface area (Å²) in [6.07, 6.45) is 0. The van der Waals surface area contributed by atoms with E-state index in [-0.39, 0.29) is 10.6 Å². The van der Waals surface area contributed by atoms with Crippen LogP contribution in [0.1, 0.15) is 15.9 Å². The van der Waals surface area contributed by atoms with Crippen LogP contribution in [0.3, 0.4) is 0 Å². The van der Waals surface area contributed by atoms with Crippen LogP contribution >= 0.6 is 0 Å². The zero-order valence-corrected chi connectivity index (χ0v) is 11.7. The van der Waals surface area contributed by atoms with E-state index in [9.17, 15) is 17.6 Å². The largest absolute Gasteiger partial charge is 0.478 e. The molecule has 0 saturated heterocycles. The highest BCUT2D eigenvalue weighted by Crippen LogP contribution is 2.21. The average molecular weight is 310 g/mol. The molecule has 2 aromatic carbocycles. The molecular weight excluding hydrogens is 299 g/mol. The first kappa shape index (κ1) is 15.0. The van der Waals surface area contributed by atoms with Crippen LogP contribution < -0.4 is 4.18 Å². The van der Waals surface area contributed by atoms with Crippen LogP contribution in [0.2, 0.25) is 0 Å². The van der Waals surface area contributed by atoms with E-state index in [1.807, 2.05) is 0 Å². The zero-order valence-electron chi connectivity index (χ0n) is 10.9. The van der Waals surface area contributed by atoms with E-state index in [2.05, 4.69) is 0 Å². The van der Waals surface area contributed by atoms with Crippen LogP contribution in [0, 0.1) is 12.7 Å². The van der Waals surface area contributed by atoms with Crippen molar-refractivity contribution in [1.29, 1.82) is 0 Å². The Morgan fingerprint density at radius 3 is 2.29 bits per heavy atom. The third kappa shape index (κ3) is 3.38. The number of carbonyl (C=O) groups is 1. The van der Waals surface area contributed by atoms with Crippen molar-refractivity contribution >= 4 is 16.1 Å². The number of aromatic carboxylic acids is 1. The SMILES string of the molecule is Cc1ccc(S(=O)(=O)Oc2ccc(C(=O)O)c(F)c2)cc1. The van der Waals surface area contributed by atoms with Gasteiger partial charge >= 0.3 is 16.1 Å². The molecule has 2 aromatic rings. The number of hydrogen-bond acceptors (Lipinski definition) is 4. The van der Waals surface area contributed by atoms with E-state index in [1.54, 1.807) is 19.1 Å². The van der Waals surface area contributed by atoms with E-state index < -0.39 is 27.5 Å². The molecule has 0 amide bonds. The molecule has 5 nitrogen and oxygen atoms in total. The molecule has 0 fully saturated rings. The molecule has 21 heavy (non-hydrogen) atoms. The lowest BCUT2D eigenvalue weighted by Crippen LogP contribution is -2.10. The highest BCUT2D eigenvalue weighted by molar-refractivity contribution is 7.87. The maximum Gasteiger partial charge on any atom is 0.339 e. The van der Waals surface area contributed by atoms with Crippen LogP contribution in [0.25, 0.3) is 0 Å². The smallest absolute Gasteiger partial charge is 0.339 e. The van der Waals surface area contributed by atoms with Crippen molar-refractivity contribution in [1.82, 2.24) is 0 Å². The summed E-state index contributed by atoms with van der Waals surface area (Å²) in [5.74, 6) is -2.81. The predicted molar refractivity (Wildman–Crippen MR) is 72.4 cm³/mol. The summed E-state index contributed by atoms with van der Waals surface area (Å²) in [7, 11) is -4.09. The molecule has 2 rings (SSSR count). The van der Waals surface area contributed by atoms with E-state index >= 15 is 0 Å². The van der Waals surface area contributed by atoms with Gasteiger partial charge < -0.3 is 9.29 Å². The summed E-state index contributed by atoms with van der Waals surface area (Å²) in [6, 6.07) is 8.68. The molecule has 7 heteroatoms. The third-order valence-electron chi connectivity index (χ3n) is 2.69. The minimum atomic E-state index is -4.09. The van der Waals surface area contributed by atoms with Gasteiger partial charge in [0.25, 0.3) is 0 Å². The van der Waals surface area contributed by atoms with E-state index in [1.165, 1.54) is 12.1 Å². The second-order valence-corrected chi connectivity index (χ2v) is 5.84. The molecule has 0 aliphatic heterocycles. The Morgan fingerprint density at radius 1 is 1.14 bits per heavy atom. The Balaban J connectivity index is 2.31. The molecule has 0 radical (unpaired) electrons. The van der Waals surface area contributed by atoms with Crippen LogP contribution in [0.4, 0.5) is 4.39 Å². The van der Waals surface area contributed by atoms with E-state index in [0.717, 1.165) is 23.8 Å². The Kier molecular flexibility index (Phi) is 3.95. The van der Waals surface area contributed by atoms with Gasteiger partial charge in [-0.3, -0.25) is 0 Å². The Morgan fingerprint density at radius 2 is 1.76 bits per heavy atom. The maximum atomic E-state index is 13.5. The van der Waals surface area contributed by atoms with Crippen LogP contribution in [0.5, 0.6) is 5.75 Å². The van der Waals surface area contributed by atoms with Crippen LogP contribution in [-0.4, -0.2) is 19.5 Å². The summed E-state index contributed by atoms with van der Waals surface area (Å²) in [5.41, 5.74) is 0.320. The average Bonchev–Trinajstić information content (AvgIpc) is 2.38. The molecule has 110 valence electrons. The molecule has 0 atom stereocenters.